The van der Waals surface area contributed by atoms with Crippen LogP contribution in [-0.4, -0.2) is 23.4 Å². The van der Waals surface area contributed by atoms with Crippen molar-refractivity contribution in [2.45, 2.75) is 79.1 Å². The molecule has 0 aromatic heterocycles. The van der Waals surface area contributed by atoms with Gasteiger partial charge in [-0.15, -0.1) is 0 Å². The molecule has 0 bridgehead atoms. The van der Waals surface area contributed by atoms with E-state index in [1.54, 1.807) is 0 Å². The van der Waals surface area contributed by atoms with Crippen LogP contribution >= 0.6 is 0 Å². The highest BCUT2D eigenvalue weighted by Gasteiger charge is 2.44. The van der Waals surface area contributed by atoms with Crippen molar-refractivity contribution in [1.29, 1.82) is 0 Å². The Balaban J connectivity index is 0.00000149. The molecule has 0 saturated carbocycles. The SMILES string of the molecule is CC.CCCN1/C(=C/C=C/C2=[N+](CCC)c3ccccc3C2(C)C)C(C)(C)c2ccccc21. The summed E-state index contributed by atoms with van der Waals surface area (Å²) in [6.45, 7) is 20.0. The maximum absolute atomic E-state index is 2.52. The van der Waals surface area contributed by atoms with Crippen LogP contribution < -0.4 is 4.90 Å². The van der Waals surface area contributed by atoms with Crippen LogP contribution in [-0.2, 0) is 10.8 Å². The Morgan fingerprint density at radius 1 is 0.818 bits per heavy atom. The summed E-state index contributed by atoms with van der Waals surface area (Å²) >= 11 is 0. The smallest absolute Gasteiger partial charge is 0.209 e. The Labute approximate surface area is 202 Å². The van der Waals surface area contributed by atoms with Crippen LogP contribution in [0.3, 0.4) is 0 Å². The highest BCUT2D eigenvalue weighted by molar-refractivity contribution is 6.03. The average molecular weight is 444 g/mol. The topological polar surface area (TPSA) is 6.25 Å². The Bertz CT molecular complexity index is 1070. The maximum Gasteiger partial charge on any atom is 0.209 e. The van der Waals surface area contributed by atoms with Gasteiger partial charge in [-0.3, -0.25) is 0 Å². The van der Waals surface area contributed by atoms with E-state index in [1.165, 1.54) is 33.9 Å². The highest BCUT2D eigenvalue weighted by Crippen LogP contribution is 2.47. The van der Waals surface area contributed by atoms with Crippen molar-refractivity contribution in [3.05, 3.63) is 83.6 Å². The second kappa shape index (κ2) is 10.1. The highest BCUT2D eigenvalue weighted by atomic mass is 15.2. The second-order valence-electron chi connectivity index (χ2n) is 9.88. The number of benzene rings is 2. The Morgan fingerprint density at radius 2 is 1.45 bits per heavy atom. The summed E-state index contributed by atoms with van der Waals surface area (Å²) in [6, 6.07) is 17.8. The quantitative estimate of drug-likeness (QED) is 0.408. The predicted octanol–water partition coefficient (Wildman–Crippen LogP) is 8.15. The number of anilines is 1. The molecule has 0 atom stereocenters. The van der Waals surface area contributed by atoms with Gasteiger partial charge in [0.25, 0.3) is 0 Å². The van der Waals surface area contributed by atoms with E-state index in [0.29, 0.717) is 0 Å². The molecule has 2 aromatic carbocycles. The van der Waals surface area contributed by atoms with Crippen LogP contribution in [0.2, 0.25) is 0 Å². The fourth-order valence-corrected chi connectivity index (χ4v) is 5.44. The molecular formula is C31H43N2+. The minimum Gasteiger partial charge on any atom is -0.344 e. The number of fused-ring (bicyclic) bond motifs is 2. The van der Waals surface area contributed by atoms with Crippen LogP contribution in [0.25, 0.3) is 0 Å². The van der Waals surface area contributed by atoms with Gasteiger partial charge in [0.2, 0.25) is 5.69 Å². The summed E-state index contributed by atoms with van der Waals surface area (Å²) in [5.41, 5.74) is 8.39. The van der Waals surface area contributed by atoms with Gasteiger partial charge in [-0.1, -0.05) is 84.0 Å². The lowest BCUT2D eigenvalue weighted by molar-refractivity contribution is -0.437. The summed E-state index contributed by atoms with van der Waals surface area (Å²) in [5, 5.41) is 0. The Hall–Kier alpha value is -2.61. The Kier molecular flexibility index (Phi) is 7.67. The molecule has 2 nitrogen and oxygen atoms in total. The van der Waals surface area contributed by atoms with Crippen LogP contribution in [0, 0.1) is 0 Å². The van der Waals surface area contributed by atoms with E-state index in [9.17, 15) is 0 Å². The fourth-order valence-electron chi connectivity index (χ4n) is 5.44. The molecule has 0 amide bonds. The van der Waals surface area contributed by atoms with E-state index < -0.39 is 0 Å². The second-order valence-corrected chi connectivity index (χ2v) is 9.88. The van der Waals surface area contributed by atoms with E-state index in [1.807, 2.05) is 13.8 Å². The van der Waals surface area contributed by atoms with Gasteiger partial charge in [0.15, 0.2) is 5.71 Å². The zero-order chi connectivity index (χ0) is 24.2. The minimum atomic E-state index is 0.0119. The Morgan fingerprint density at radius 3 is 2.12 bits per heavy atom. The minimum absolute atomic E-state index is 0.0119. The molecule has 4 rings (SSSR count). The molecule has 0 fully saturated rings. The predicted molar refractivity (Wildman–Crippen MR) is 145 cm³/mol. The third kappa shape index (κ3) is 4.33. The molecule has 0 N–H and O–H groups in total. The van der Waals surface area contributed by atoms with Gasteiger partial charge in [-0.25, -0.2) is 0 Å². The largest absolute Gasteiger partial charge is 0.344 e. The van der Waals surface area contributed by atoms with Crippen molar-refractivity contribution >= 4 is 17.1 Å². The summed E-state index contributed by atoms with van der Waals surface area (Å²) in [4.78, 5) is 2.52. The number of para-hydroxylation sites is 2. The lowest BCUT2D eigenvalue weighted by Crippen LogP contribution is -2.28. The lowest BCUT2D eigenvalue weighted by Gasteiger charge is -2.26. The third-order valence-electron chi connectivity index (χ3n) is 7.00. The normalized spacial score (nSPS) is 19.0. The van der Waals surface area contributed by atoms with Crippen molar-refractivity contribution in [3.63, 3.8) is 0 Å². The van der Waals surface area contributed by atoms with Gasteiger partial charge in [-0.2, -0.15) is 4.58 Å². The van der Waals surface area contributed by atoms with Gasteiger partial charge in [0.05, 0.1) is 5.41 Å². The van der Waals surface area contributed by atoms with Crippen molar-refractivity contribution < 1.29 is 4.58 Å². The van der Waals surface area contributed by atoms with Crippen molar-refractivity contribution in [2.24, 2.45) is 0 Å². The summed E-state index contributed by atoms with van der Waals surface area (Å²) in [7, 11) is 0. The van der Waals surface area contributed by atoms with E-state index in [2.05, 4.69) is 118 Å². The molecule has 33 heavy (non-hydrogen) atoms. The summed E-state index contributed by atoms with van der Waals surface area (Å²) < 4.78 is 2.52. The standard InChI is InChI=1S/C29H37N2.C2H6/c1-7-20-30-24-16-11-9-14-22(24)28(3,4)26(30)18-13-19-27-29(5,6)23-15-10-12-17-25(23)31(27)21-8-2;1-2/h9-19H,7-8,20-21H2,1-6H3;1-2H3/q+1;. The van der Waals surface area contributed by atoms with Gasteiger partial charge in [0, 0.05) is 47.5 Å². The first-order valence-electron chi connectivity index (χ1n) is 12.8. The van der Waals surface area contributed by atoms with Crippen molar-refractivity contribution in [2.75, 3.05) is 18.0 Å². The molecule has 0 saturated heterocycles. The first-order chi connectivity index (χ1) is 15.8. The molecule has 0 radical (unpaired) electrons. The number of rotatable bonds is 6. The van der Waals surface area contributed by atoms with Crippen LogP contribution in [0.4, 0.5) is 11.4 Å². The van der Waals surface area contributed by atoms with E-state index in [-0.39, 0.29) is 10.8 Å². The molecule has 0 unspecified atom stereocenters. The lowest BCUT2D eigenvalue weighted by atomic mass is 9.81. The van der Waals surface area contributed by atoms with Crippen molar-refractivity contribution in [3.8, 4) is 0 Å². The number of hydrogen-bond acceptors (Lipinski definition) is 1. The zero-order valence-electron chi connectivity index (χ0n) is 22.1. The molecule has 2 aliphatic heterocycles. The average Bonchev–Trinajstić information content (AvgIpc) is 3.16. The van der Waals surface area contributed by atoms with Gasteiger partial charge in [0.1, 0.15) is 6.54 Å². The number of nitrogens with zero attached hydrogens (tertiary/aromatic N) is 2. The number of hydrogen-bond donors (Lipinski definition) is 0. The molecule has 2 heterocycles. The number of allylic oxidation sites excluding steroid dienone is 4. The van der Waals surface area contributed by atoms with E-state index >= 15 is 0 Å². The van der Waals surface area contributed by atoms with E-state index in [4.69, 9.17) is 0 Å². The molecule has 2 heteroatoms. The molecule has 2 aliphatic rings. The van der Waals surface area contributed by atoms with Crippen LogP contribution in [0.1, 0.15) is 79.4 Å². The van der Waals surface area contributed by atoms with E-state index in [0.717, 1.165) is 25.9 Å². The molecule has 2 aromatic rings. The maximum atomic E-state index is 2.52. The first-order valence-corrected chi connectivity index (χ1v) is 12.8. The molecule has 0 aliphatic carbocycles. The summed E-state index contributed by atoms with van der Waals surface area (Å²) in [5.74, 6) is 0. The van der Waals surface area contributed by atoms with Gasteiger partial charge < -0.3 is 4.90 Å². The van der Waals surface area contributed by atoms with Crippen LogP contribution in [0.5, 0.6) is 0 Å². The molecule has 176 valence electrons. The fraction of sp³-hybridized carbons (Fsp3) is 0.452. The summed E-state index contributed by atoms with van der Waals surface area (Å²) in [6.07, 6.45) is 9.26. The monoisotopic (exact) mass is 443 g/mol. The van der Waals surface area contributed by atoms with Crippen LogP contribution in [0.15, 0.2) is 72.5 Å². The molecule has 0 spiro atoms. The first kappa shape index (κ1) is 25.0. The third-order valence-corrected chi connectivity index (χ3v) is 7.00. The zero-order valence-corrected chi connectivity index (χ0v) is 22.1. The van der Waals surface area contributed by atoms with Gasteiger partial charge >= 0.3 is 0 Å². The van der Waals surface area contributed by atoms with Gasteiger partial charge in [-0.05, 0) is 38.0 Å². The van der Waals surface area contributed by atoms with Crippen molar-refractivity contribution in [1.82, 2.24) is 0 Å². The molecular weight excluding hydrogens is 400 g/mol.